The molecule has 0 saturated carbocycles. The van der Waals surface area contributed by atoms with Crippen molar-refractivity contribution in [3.63, 3.8) is 0 Å². The van der Waals surface area contributed by atoms with Crippen LogP contribution in [-0.4, -0.2) is 0 Å². The number of hydrogen-bond donors (Lipinski definition) is 0. The van der Waals surface area contributed by atoms with Crippen molar-refractivity contribution in [2.75, 3.05) is 0 Å². The normalized spacial score (nSPS) is 0. The van der Waals surface area contributed by atoms with E-state index in [0.29, 0.717) is 0 Å². The average Bonchev–Trinajstić information content (AvgIpc) is 0. The first-order chi connectivity index (χ1) is 0. The van der Waals surface area contributed by atoms with E-state index in [1.807, 2.05) is 0 Å². The standard InChI is InChI=1S/ClH.4Li.H3P/h1H;;;;;1H3/q;4*+1;. The van der Waals surface area contributed by atoms with E-state index in [-0.39, 0.29) is 97.7 Å². The van der Waals surface area contributed by atoms with Crippen LogP contribution < -0.4 is 87.8 Å². The summed E-state index contributed by atoms with van der Waals surface area (Å²) in [6, 6.07) is 0. The molecule has 1 atom stereocenters. The van der Waals surface area contributed by atoms with Crippen LogP contribution in [0.3, 0.4) is 0 Å². The first-order valence-corrected chi connectivity index (χ1v) is 0. The SMILES string of the molecule is [Cl-].[Li+].[Li+].[Li+].[Li+].[PH4+]. The molecule has 0 aromatic rings. The Kier molecular flexibility index (Phi) is 438. The summed E-state index contributed by atoms with van der Waals surface area (Å²) in [7, 11) is 0. The zero-order valence-corrected chi connectivity index (χ0v) is 8.13. The largest absolute Gasteiger partial charge is 1.00 e. The van der Waals surface area contributed by atoms with Gasteiger partial charge in [0.25, 0.3) is 0 Å². The van der Waals surface area contributed by atoms with Crippen molar-refractivity contribution in [1.29, 1.82) is 0 Å². The zero-order valence-electron chi connectivity index (χ0n) is 5.38. The topological polar surface area (TPSA) is 0 Å². The van der Waals surface area contributed by atoms with Crippen LogP contribution in [0.25, 0.3) is 0 Å². The van der Waals surface area contributed by atoms with Gasteiger partial charge in [-0.1, -0.05) is 0 Å². The van der Waals surface area contributed by atoms with Gasteiger partial charge in [0.1, 0.15) is 0 Å². The van der Waals surface area contributed by atoms with Gasteiger partial charge in [0.15, 0.2) is 0 Å². The van der Waals surface area contributed by atoms with E-state index in [2.05, 4.69) is 0 Å². The molecular weight excluding hydrogens is 94.2 g/mol. The Morgan fingerprint density at radius 3 is 0.500 bits per heavy atom. The molecule has 16 valence electrons. The molecule has 0 amide bonds. The number of rotatable bonds is 0. The van der Waals surface area contributed by atoms with Gasteiger partial charge in [-0.05, 0) is 9.90 Å². The molecule has 0 bridgehead atoms. The van der Waals surface area contributed by atoms with Crippen molar-refractivity contribution in [2.24, 2.45) is 0 Å². The molecule has 0 aliphatic heterocycles. The van der Waals surface area contributed by atoms with Crippen molar-refractivity contribution in [1.82, 2.24) is 0 Å². The molecule has 0 spiro atoms. The molecule has 0 rings (SSSR count). The van der Waals surface area contributed by atoms with Crippen LogP contribution >= 0.6 is 9.90 Å². The van der Waals surface area contributed by atoms with Crippen molar-refractivity contribution < 1.29 is 87.8 Å². The van der Waals surface area contributed by atoms with Gasteiger partial charge < -0.3 is 12.4 Å². The van der Waals surface area contributed by atoms with Crippen LogP contribution in [-0.2, 0) is 0 Å². The minimum Gasteiger partial charge on any atom is -1.00 e. The molecule has 6 heteroatoms. The second-order valence-electron chi connectivity index (χ2n) is 0. The maximum atomic E-state index is 0. The molecule has 1 unspecified atom stereocenters. The second kappa shape index (κ2) is 42.4. The molecule has 0 aliphatic carbocycles. The van der Waals surface area contributed by atoms with Gasteiger partial charge in [-0.3, -0.25) is 0 Å². The fraction of sp³-hybridized carbons (Fsp3) is 0. The van der Waals surface area contributed by atoms with Crippen molar-refractivity contribution >= 4 is 9.90 Å². The van der Waals surface area contributed by atoms with E-state index >= 15 is 0 Å². The summed E-state index contributed by atoms with van der Waals surface area (Å²) in [5.74, 6) is 0. The monoisotopic (exact) mass is 98.0 g/mol. The smallest absolute Gasteiger partial charge is 1.00 e. The van der Waals surface area contributed by atoms with E-state index in [0.717, 1.165) is 0 Å². The van der Waals surface area contributed by atoms with E-state index in [9.17, 15) is 0 Å². The predicted molar refractivity (Wildman–Crippen MR) is 12.5 cm³/mol. The molecule has 0 radical (unpaired) electrons. The van der Waals surface area contributed by atoms with Gasteiger partial charge in [-0.25, -0.2) is 0 Å². The average molecular weight is 98.2 g/mol. The van der Waals surface area contributed by atoms with Crippen molar-refractivity contribution in [3.8, 4) is 0 Å². The second-order valence-corrected chi connectivity index (χ2v) is 0. The van der Waals surface area contributed by atoms with Gasteiger partial charge >= 0.3 is 75.4 Å². The number of hydrogen-bond acceptors (Lipinski definition) is 0. The van der Waals surface area contributed by atoms with E-state index in [1.165, 1.54) is 0 Å². The molecule has 0 N–H and O–H groups in total. The maximum Gasteiger partial charge on any atom is 1.00 e. The summed E-state index contributed by atoms with van der Waals surface area (Å²) in [4.78, 5) is 0. The first-order valence-electron chi connectivity index (χ1n) is 0. The Hall–Kier alpha value is 3.11. The third-order valence-electron chi connectivity index (χ3n) is 0. The Bertz CT molecular complexity index is 7.51. The molecule has 0 aromatic heterocycles. The summed E-state index contributed by atoms with van der Waals surface area (Å²) < 4.78 is 0. The van der Waals surface area contributed by atoms with E-state index < -0.39 is 0 Å². The fourth-order valence-electron chi connectivity index (χ4n) is 0. The number of halogens is 1. The Labute approximate surface area is 96.5 Å². The predicted octanol–water partition coefficient (Wildman–Crippen LogP) is -15.2. The Morgan fingerprint density at radius 2 is 0.500 bits per heavy atom. The minimum absolute atomic E-state index is 0. The third kappa shape index (κ3) is 27.4. The summed E-state index contributed by atoms with van der Waals surface area (Å²) in [5, 5.41) is 0. The van der Waals surface area contributed by atoms with Crippen LogP contribution in [0.1, 0.15) is 0 Å². The van der Waals surface area contributed by atoms with Gasteiger partial charge in [0.05, 0.1) is 0 Å². The molecule has 0 saturated heterocycles. The summed E-state index contributed by atoms with van der Waals surface area (Å²) in [6.07, 6.45) is 0. The summed E-state index contributed by atoms with van der Waals surface area (Å²) in [5.41, 5.74) is 0. The molecular formula is H4ClLi4P+4. The zero-order chi connectivity index (χ0) is 0. The Balaban J connectivity index is 0. The quantitative estimate of drug-likeness (QED) is 0.208. The van der Waals surface area contributed by atoms with Crippen LogP contribution in [0.5, 0.6) is 0 Å². The van der Waals surface area contributed by atoms with Gasteiger partial charge in [-0.2, -0.15) is 0 Å². The van der Waals surface area contributed by atoms with Crippen molar-refractivity contribution in [2.45, 2.75) is 0 Å². The van der Waals surface area contributed by atoms with Gasteiger partial charge in [0.2, 0.25) is 0 Å². The minimum atomic E-state index is 0. The molecule has 0 heterocycles. The first kappa shape index (κ1) is 62.0. The van der Waals surface area contributed by atoms with Crippen LogP contribution in [0, 0.1) is 0 Å². The van der Waals surface area contributed by atoms with Gasteiger partial charge in [0, 0.05) is 0 Å². The van der Waals surface area contributed by atoms with Gasteiger partial charge in [-0.15, -0.1) is 0 Å². The third-order valence-corrected chi connectivity index (χ3v) is 0. The van der Waals surface area contributed by atoms with E-state index in [4.69, 9.17) is 0 Å². The van der Waals surface area contributed by atoms with Crippen LogP contribution in [0.2, 0.25) is 0 Å². The van der Waals surface area contributed by atoms with Crippen LogP contribution in [0.4, 0.5) is 0 Å². The maximum absolute atomic E-state index is 0. The Morgan fingerprint density at radius 1 is 0.500 bits per heavy atom. The van der Waals surface area contributed by atoms with E-state index in [1.54, 1.807) is 0 Å². The molecule has 0 aromatic carbocycles. The summed E-state index contributed by atoms with van der Waals surface area (Å²) in [6.45, 7) is 0. The molecule has 6 heavy (non-hydrogen) atoms. The van der Waals surface area contributed by atoms with Crippen molar-refractivity contribution in [3.05, 3.63) is 0 Å². The molecule has 0 aliphatic rings. The molecule has 0 fully saturated rings. The fourth-order valence-corrected chi connectivity index (χ4v) is 0. The molecule has 0 nitrogen and oxygen atoms in total. The van der Waals surface area contributed by atoms with Crippen LogP contribution in [0.15, 0.2) is 0 Å². The summed E-state index contributed by atoms with van der Waals surface area (Å²) >= 11 is 0.